The molecule has 3 unspecified atom stereocenters. The molecular weight excluding hydrogens is 523 g/mol. The van der Waals surface area contributed by atoms with Crippen LogP contribution in [0.15, 0.2) is 0 Å². The van der Waals surface area contributed by atoms with Crippen molar-refractivity contribution >= 4 is 15.0 Å². The third-order valence-corrected chi connectivity index (χ3v) is 6.72. The molecule has 0 aromatic heterocycles. The van der Waals surface area contributed by atoms with Gasteiger partial charge in [0.1, 0.15) is 30.5 Å². The van der Waals surface area contributed by atoms with Gasteiger partial charge in [-0.3, -0.25) is 4.79 Å². The molecule has 6 heterocycles. The van der Waals surface area contributed by atoms with Crippen LogP contribution in [0.4, 0.5) is 0 Å². The molecule has 0 saturated carbocycles. The van der Waals surface area contributed by atoms with Crippen molar-refractivity contribution in [3.63, 3.8) is 0 Å². The zero-order valence-electron chi connectivity index (χ0n) is 24.5. The molecule has 0 spiro atoms. The van der Waals surface area contributed by atoms with Crippen LogP contribution >= 0.6 is 9.18 Å². The molecule has 12 nitrogen and oxygen atoms in total. The molecule has 0 aromatic rings. The van der Waals surface area contributed by atoms with Crippen molar-refractivity contribution in [3.8, 4) is 0 Å². The van der Waals surface area contributed by atoms with E-state index in [4.69, 9.17) is 48.6 Å². The van der Waals surface area contributed by atoms with Gasteiger partial charge in [-0.1, -0.05) is 6.66 Å². The Kier molecular flexibility index (Phi) is 8.30. The lowest BCUT2D eigenvalue weighted by atomic mass is 10.1. The summed E-state index contributed by atoms with van der Waals surface area (Å²) in [4.78, 5) is 12.2. The van der Waals surface area contributed by atoms with Crippen LogP contribution in [-0.2, 0) is 52.2 Å². The van der Waals surface area contributed by atoms with Gasteiger partial charge in [0.15, 0.2) is 53.7 Å². The first-order valence-electron chi connectivity index (χ1n) is 13.4. The smallest absolute Gasteiger partial charge is 0.198 e. The Bertz CT molecular complexity index is 885. The van der Waals surface area contributed by atoms with E-state index in [1.807, 2.05) is 34.4 Å². The first-order valence-corrected chi connectivity index (χ1v) is 13.9. The number of hydrogen-bond donors (Lipinski definition) is 1. The van der Waals surface area contributed by atoms with Gasteiger partial charge in [0.25, 0.3) is 0 Å². The van der Waals surface area contributed by atoms with Gasteiger partial charge in [0.05, 0.1) is 14.5 Å². The normalized spacial score (nSPS) is 45.8. The predicted molar refractivity (Wildman–Crippen MR) is 134 cm³/mol. The maximum Gasteiger partial charge on any atom is 0.198 e. The van der Waals surface area contributed by atoms with E-state index in [1.54, 1.807) is 27.7 Å². The van der Waals surface area contributed by atoms with Crippen molar-refractivity contribution in [2.24, 2.45) is 0 Å². The Morgan fingerprint density at radius 2 is 1.24 bits per heavy atom. The topological polar surface area (TPSA) is 130 Å². The average molecular weight is 568 g/mol. The molecule has 0 amide bonds. The van der Waals surface area contributed by atoms with Crippen LogP contribution in [0.5, 0.6) is 0 Å². The second-order valence-electron chi connectivity index (χ2n) is 11.7. The van der Waals surface area contributed by atoms with E-state index in [0.717, 1.165) is 0 Å². The van der Waals surface area contributed by atoms with Crippen molar-refractivity contribution in [2.45, 2.75) is 134 Å². The molecule has 6 aliphatic heterocycles. The number of Topliss-reactive ketones (excluding diaryl/α,β-unsaturated/α-hetero) is 1. The molecule has 13 heteroatoms. The lowest BCUT2D eigenvalue weighted by Gasteiger charge is -2.26. The van der Waals surface area contributed by atoms with E-state index in [2.05, 4.69) is 0 Å². The standard InChI is InChI=1S/C12H20O6.C12H18O6.CH5P/c2*1-11(2)14-5-6(16-11)8-7(13)9-10(15-8)18-12(3,4)17-9;1-2/h6-10,13H,5H2,1-4H3;6,8-10H,5H2,1-4H3;2H2,1H3/t6?,7-,8+,9+,10+;6?,8-,9-,10-;/m01./s1/i;;2D. The van der Waals surface area contributed by atoms with Gasteiger partial charge in [-0.15, -0.1) is 9.18 Å². The minimum absolute atomic E-state index is 0.128. The van der Waals surface area contributed by atoms with Crippen molar-refractivity contribution in [1.82, 2.24) is 0 Å². The van der Waals surface area contributed by atoms with E-state index in [1.165, 1.54) is 0 Å². The number of carbonyl (C=O) groups excluding carboxylic acids is 1. The zero-order valence-corrected chi connectivity index (χ0v) is 24.5. The summed E-state index contributed by atoms with van der Waals surface area (Å²) in [6, 6.07) is 0. The second kappa shape index (κ2) is 10.8. The third kappa shape index (κ3) is 6.42. The molecule has 10 atom stereocenters. The van der Waals surface area contributed by atoms with Crippen LogP contribution in [0.3, 0.4) is 0 Å². The maximum atomic E-state index is 12.2. The van der Waals surface area contributed by atoms with Crippen LogP contribution in [0, 0.1) is 0 Å². The van der Waals surface area contributed by atoms with Gasteiger partial charge in [0, 0.05) is 0 Å². The van der Waals surface area contributed by atoms with E-state index in [0.29, 0.717) is 22.4 Å². The largest absolute Gasteiger partial charge is 0.387 e. The van der Waals surface area contributed by atoms with Gasteiger partial charge >= 0.3 is 0 Å². The molecule has 6 rings (SSSR count). The minimum atomic E-state index is -0.776. The highest BCUT2D eigenvalue weighted by atomic mass is 31.0. The molecule has 0 radical (unpaired) electrons. The Balaban J connectivity index is 0.000000165. The second-order valence-corrected chi connectivity index (χ2v) is 11.7. The molecule has 38 heavy (non-hydrogen) atoms. The van der Waals surface area contributed by atoms with Crippen LogP contribution in [-0.4, -0.2) is 111 Å². The third-order valence-electron chi connectivity index (χ3n) is 6.72. The number of aliphatic hydroxyl groups is 1. The highest BCUT2D eigenvalue weighted by Crippen LogP contribution is 2.41. The lowest BCUT2D eigenvalue weighted by molar-refractivity contribution is -0.232. The molecule has 6 fully saturated rings. The van der Waals surface area contributed by atoms with Gasteiger partial charge in [-0.05, 0) is 55.4 Å². The fourth-order valence-corrected chi connectivity index (χ4v) is 5.23. The number of carbonyl (C=O) groups is 1. The molecule has 220 valence electrons. The van der Waals surface area contributed by atoms with Gasteiger partial charge < -0.3 is 52.5 Å². The molecule has 6 saturated heterocycles. The quantitative estimate of drug-likeness (QED) is 0.485. The van der Waals surface area contributed by atoms with Crippen LogP contribution in [0.1, 0.15) is 55.4 Å². The molecular formula is C25H43O12P. The van der Waals surface area contributed by atoms with Gasteiger partial charge in [-0.2, -0.15) is 0 Å². The zero-order chi connectivity index (χ0) is 29.0. The van der Waals surface area contributed by atoms with E-state index in [-0.39, 0.29) is 11.9 Å². The first-order chi connectivity index (χ1) is 18.0. The van der Waals surface area contributed by atoms with E-state index in [9.17, 15) is 9.90 Å². The highest BCUT2D eigenvalue weighted by molar-refractivity contribution is 7.15. The first kappa shape index (κ1) is 29.2. The van der Waals surface area contributed by atoms with Crippen LogP contribution in [0.25, 0.3) is 0 Å². The Labute approximate surface area is 227 Å². The summed E-state index contributed by atoms with van der Waals surface area (Å²) < 4.78 is 62.1. The van der Waals surface area contributed by atoms with Crippen molar-refractivity contribution in [2.75, 3.05) is 19.9 Å². The Morgan fingerprint density at radius 3 is 1.74 bits per heavy atom. The van der Waals surface area contributed by atoms with Crippen LogP contribution in [0.2, 0.25) is 0 Å². The summed E-state index contributed by atoms with van der Waals surface area (Å²) in [6.45, 7) is 17.0. The maximum absolute atomic E-state index is 12.2. The predicted octanol–water partition coefficient (Wildman–Crippen LogP) is 1.45. The summed E-state index contributed by atoms with van der Waals surface area (Å²) in [5, 5.41) is 10.3. The van der Waals surface area contributed by atoms with Crippen LogP contribution < -0.4 is 0 Å². The fraction of sp³-hybridized carbons (Fsp3) is 0.960. The number of rotatable bonds is 2. The summed E-state index contributed by atoms with van der Waals surface area (Å²) in [7, 11) is 0.333. The fourth-order valence-electron chi connectivity index (χ4n) is 5.23. The summed E-state index contributed by atoms with van der Waals surface area (Å²) in [5.41, 5.74) is 0. The Hall–Kier alpha value is -0.340. The summed E-state index contributed by atoms with van der Waals surface area (Å²) in [6.07, 6.45) is -4.88. The van der Waals surface area contributed by atoms with E-state index < -0.39 is 72.4 Å². The highest BCUT2D eigenvalue weighted by Gasteiger charge is 2.59. The molecule has 1 N–H and O–H groups in total. The average Bonchev–Trinajstić information content (AvgIpc) is 3.60. The van der Waals surface area contributed by atoms with Crippen molar-refractivity contribution in [3.05, 3.63) is 0 Å². The van der Waals surface area contributed by atoms with Gasteiger partial charge in [0.2, 0.25) is 0 Å². The van der Waals surface area contributed by atoms with E-state index >= 15 is 0 Å². The van der Waals surface area contributed by atoms with Gasteiger partial charge in [-0.25, -0.2) is 0 Å². The number of ether oxygens (including phenoxy) is 10. The van der Waals surface area contributed by atoms with Crippen molar-refractivity contribution in [1.29, 1.82) is 1.28 Å². The molecule has 0 bridgehead atoms. The Morgan fingerprint density at radius 1 is 0.711 bits per heavy atom. The lowest BCUT2D eigenvalue weighted by Crippen LogP contribution is -2.42. The number of aliphatic hydroxyl groups excluding tert-OH is 1. The monoisotopic (exact) mass is 567 g/mol. The SMILES string of the molecule is CC1(C)OCC([C@H]2O[C@@H]3OC(C)(C)O[C@@H]3C2=O)O1.CC1(C)OCC([C@H]2O[C@@H]3OC(C)(C)O[C@@H]3[C@H]2O)O1.[2H]PC. The number of fused-ring (bicyclic) bond motifs is 2. The summed E-state index contributed by atoms with van der Waals surface area (Å²) >= 11 is 0. The molecule has 0 aromatic carbocycles. The number of ketones is 1. The molecule has 0 aliphatic carbocycles. The number of hydrogen-bond acceptors (Lipinski definition) is 12. The van der Waals surface area contributed by atoms with Crippen molar-refractivity contribution < 1.29 is 57.3 Å². The minimum Gasteiger partial charge on any atom is -0.387 e. The molecule has 6 aliphatic rings. The summed E-state index contributed by atoms with van der Waals surface area (Å²) in [5.74, 6) is -2.92.